The molecule has 1 aliphatic heterocycles. The Morgan fingerprint density at radius 1 is 1.13 bits per heavy atom. The molecule has 0 bridgehead atoms. The number of amides is 3. The Kier molecular flexibility index (Phi) is 7.59. The summed E-state index contributed by atoms with van der Waals surface area (Å²) in [7, 11) is 1.54. The standard InChI is InChI=1S/C21H19BrN2O6S/c1-28-16-4-2-3-5-17(16)29-9-8-24-20(26)18(31-21(24)27)11-13-6-7-15(14(22)10-13)30-12-19(23)25/h2-7,10-11H,8-9,12H2,1H3,(H2,23,25)/b18-11-. The number of primary amides is 1. The number of para-hydroxylation sites is 2. The van der Waals surface area contributed by atoms with E-state index in [4.69, 9.17) is 19.9 Å². The van der Waals surface area contributed by atoms with Gasteiger partial charge in [-0.1, -0.05) is 18.2 Å². The molecule has 1 heterocycles. The number of hydrogen-bond donors (Lipinski definition) is 1. The number of benzene rings is 2. The molecule has 0 saturated carbocycles. The Hall–Kier alpha value is -2.98. The summed E-state index contributed by atoms with van der Waals surface area (Å²) in [5, 5.41) is -0.361. The average Bonchev–Trinajstić information content (AvgIpc) is 3.00. The van der Waals surface area contributed by atoms with Gasteiger partial charge in [-0.3, -0.25) is 19.3 Å². The fraction of sp³-hybridized carbons (Fsp3) is 0.190. The van der Waals surface area contributed by atoms with Gasteiger partial charge in [-0.05, 0) is 63.6 Å². The van der Waals surface area contributed by atoms with E-state index in [-0.39, 0.29) is 30.9 Å². The number of carbonyl (C=O) groups excluding carboxylic acids is 3. The molecule has 0 radical (unpaired) electrons. The molecular formula is C21H19BrN2O6S. The van der Waals surface area contributed by atoms with E-state index in [1.165, 1.54) is 7.11 Å². The molecule has 3 amide bonds. The molecule has 2 aromatic carbocycles. The first-order chi connectivity index (χ1) is 14.9. The Labute approximate surface area is 191 Å². The molecule has 2 N–H and O–H groups in total. The number of nitrogens with zero attached hydrogens (tertiary/aromatic N) is 1. The van der Waals surface area contributed by atoms with Crippen molar-refractivity contribution in [1.82, 2.24) is 4.90 Å². The minimum absolute atomic E-state index is 0.115. The molecule has 0 atom stereocenters. The highest BCUT2D eigenvalue weighted by atomic mass is 79.9. The van der Waals surface area contributed by atoms with Gasteiger partial charge in [0.25, 0.3) is 17.1 Å². The molecule has 1 aliphatic rings. The summed E-state index contributed by atoms with van der Waals surface area (Å²) in [5.74, 6) is 0.585. The minimum atomic E-state index is -0.584. The smallest absolute Gasteiger partial charge is 0.293 e. The van der Waals surface area contributed by atoms with Crippen LogP contribution in [0.3, 0.4) is 0 Å². The number of methoxy groups -OCH3 is 1. The molecule has 31 heavy (non-hydrogen) atoms. The van der Waals surface area contributed by atoms with Crippen LogP contribution in [0.15, 0.2) is 51.8 Å². The lowest BCUT2D eigenvalue weighted by Crippen LogP contribution is -2.32. The second-order valence-electron chi connectivity index (χ2n) is 6.28. The zero-order valence-electron chi connectivity index (χ0n) is 16.5. The monoisotopic (exact) mass is 506 g/mol. The summed E-state index contributed by atoms with van der Waals surface area (Å²) in [6.07, 6.45) is 1.62. The maximum Gasteiger partial charge on any atom is 0.293 e. The van der Waals surface area contributed by atoms with Gasteiger partial charge < -0.3 is 19.9 Å². The molecule has 8 nitrogen and oxygen atoms in total. The van der Waals surface area contributed by atoms with Gasteiger partial charge in [0.15, 0.2) is 18.1 Å². The van der Waals surface area contributed by atoms with E-state index in [1.54, 1.807) is 36.4 Å². The van der Waals surface area contributed by atoms with Crippen molar-refractivity contribution < 1.29 is 28.6 Å². The summed E-state index contributed by atoms with van der Waals surface area (Å²) >= 11 is 4.22. The number of thioether (sulfide) groups is 1. The molecule has 3 rings (SSSR count). The van der Waals surface area contributed by atoms with Crippen LogP contribution in [-0.4, -0.2) is 48.8 Å². The predicted molar refractivity (Wildman–Crippen MR) is 120 cm³/mol. The number of nitrogens with two attached hydrogens (primary N) is 1. The quantitative estimate of drug-likeness (QED) is 0.518. The third-order valence-corrected chi connectivity index (χ3v) is 5.67. The van der Waals surface area contributed by atoms with E-state index in [0.29, 0.717) is 32.2 Å². The highest BCUT2D eigenvalue weighted by molar-refractivity contribution is 9.10. The summed E-state index contributed by atoms with van der Waals surface area (Å²) in [6, 6.07) is 12.2. The Morgan fingerprint density at radius 2 is 1.87 bits per heavy atom. The average molecular weight is 507 g/mol. The van der Waals surface area contributed by atoms with Crippen molar-refractivity contribution in [2.45, 2.75) is 0 Å². The molecule has 1 saturated heterocycles. The van der Waals surface area contributed by atoms with Gasteiger partial charge >= 0.3 is 0 Å². The zero-order chi connectivity index (χ0) is 22.4. The van der Waals surface area contributed by atoms with Crippen LogP contribution in [0.5, 0.6) is 17.2 Å². The van der Waals surface area contributed by atoms with Crippen LogP contribution in [0.4, 0.5) is 4.79 Å². The number of halogens is 1. The second kappa shape index (κ2) is 10.4. The number of imide groups is 1. The number of ether oxygens (including phenoxy) is 3. The van der Waals surface area contributed by atoms with Crippen molar-refractivity contribution in [3.05, 3.63) is 57.4 Å². The van der Waals surface area contributed by atoms with E-state index in [1.807, 2.05) is 12.1 Å². The van der Waals surface area contributed by atoms with Crippen LogP contribution in [0.25, 0.3) is 6.08 Å². The number of carbonyl (C=O) groups is 3. The first kappa shape index (κ1) is 22.7. The van der Waals surface area contributed by atoms with Crippen LogP contribution in [0.1, 0.15) is 5.56 Å². The zero-order valence-corrected chi connectivity index (χ0v) is 18.9. The van der Waals surface area contributed by atoms with Crippen LogP contribution in [0, 0.1) is 0 Å². The van der Waals surface area contributed by atoms with E-state index in [0.717, 1.165) is 16.7 Å². The molecule has 0 aromatic heterocycles. The molecule has 162 valence electrons. The van der Waals surface area contributed by atoms with Crippen molar-refractivity contribution in [3.8, 4) is 17.2 Å². The summed E-state index contributed by atoms with van der Waals surface area (Å²) < 4.78 is 16.7. The molecule has 10 heteroatoms. The minimum Gasteiger partial charge on any atom is -0.493 e. The lowest BCUT2D eigenvalue weighted by atomic mass is 10.2. The SMILES string of the molecule is COc1ccccc1OCCN1C(=O)S/C(=C\c2ccc(OCC(N)=O)c(Br)c2)C1=O. The number of hydrogen-bond acceptors (Lipinski definition) is 7. The summed E-state index contributed by atoms with van der Waals surface area (Å²) in [4.78, 5) is 37.3. The van der Waals surface area contributed by atoms with Gasteiger partial charge in [-0.15, -0.1) is 0 Å². The fourth-order valence-electron chi connectivity index (χ4n) is 2.70. The van der Waals surface area contributed by atoms with Crippen LogP contribution in [0.2, 0.25) is 0 Å². The number of rotatable bonds is 9. The van der Waals surface area contributed by atoms with Crippen molar-refractivity contribution in [2.75, 3.05) is 26.9 Å². The molecule has 1 fully saturated rings. The Morgan fingerprint density at radius 3 is 2.55 bits per heavy atom. The van der Waals surface area contributed by atoms with Gasteiger partial charge in [-0.2, -0.15) is 0 Å². The molecule has 0 spiro atoms. The fourth-order valence-corrected chi connectivity index (χ4v) is 4.08. The summed E-state index contributed by atoms with van der Waals surface area (Å²) in [6.45, 7) is 0.0144. The van der Waals surface area contributed by atoms with Crippen LogP contribution in [-0.2, 0) is 9.59 Å². The Balaban J connectivity index is 1.63. The van der Waals surface area contributed by atoms with Gasteiger partial charge in [0.2, 0.25) is 0 Å². The van der Waals surface area contributed by atoms with Crippen LogP contribution < -0.4 is 19.9 Å². The van der Waals surface area contributed by atoms with Crippen molar-refractivity contribution in [2.24, 2.45) is 5.73 Å². The van der Waals surface area contributed by atoms with E-state index < -0.39 is 5.91 Å². The maximum atomic E-state index is 12.7. The van der Waals surface area contributed by atoms with Gasteiger partial charge in [0.05, 0.1) is 23.0 Å². The third kappa shape index (κ3) is 5.80. The van der Waals surface area contributed by atoms with E-state index in [2.05, 4.69) is 15.9 Å². The topological polar surface area (TPSA) is 108 Å². The first-order valence-electron chi connectivity index (χ1n) is 9.11. The molecule has 0 unspecified atom stereocenters. The summed E-state index contributed by atoms with van der Waals surface area (Å²) in [5.41, 5.74) is 5.76. The van der Waals surface area contributed by atoms with E-state index >= 15 is 0 Å². The van der Waals surface area contributed by atoms with E-state index in [9.17, 15) is 14.4 Å². The Bertz CT molecular complexity index is 1040. The molecular weight excluding hydrogens is 488 g/mol. The second-order valence-corrected chi connectivity index (χ2v) is 8.13. The third-order valence-electron chi connectivity index (χ3n) is 4.14. The van der Waals surface area contributed by atoms with Gasteiger partial charge in [0, 0.05) is 0 Å². The van der Waals surface area contributed by atoms with Crippen molar-refractivity contribution in [3.63, 3.8) is 0 Å². The van der Waals surface area contributed by atoms with Crippen molar-refractivity contribution >= 4 is 50.8 Å². The van der Waals surface area contributed by atoms with Crippen molar-refractivity contribution in [1.29, 1.82) is 0 Å². The van der Waals surface area contributed by atoms with Gasteiger partial charge in [0.1, 0.15) is 12.4 Å². The normalized spacial score (nSPS) is 14.8. The van der Waals surface area contributed by atoms with Crippen LogP contribution >= 0.6 is 27.7 Å². The lowest BCUT2D eigenvalue weighted by Gasteiger charge is -2.14. The van der Waals surface area contributed by atoms with Gasteiger partial charge in [-0.25, -0.2) is 0 Å². The highest BCUT2D eigenvalue weighted by Gasteiger charge is 2.34. The molecule has 2 aromatic rings. The largest absolute Gasteiger partial charge is 0.493 e. The first-order valence-corrected chi connectivity index (χ1v) is 10.7. The predicted octanol–water partition coefficient (Wildman–Crippen LogP) is 3.44. The maximum absolute atomic E-state index is 12.7. The highest BCUT2D eigenvalue weighted by Crippen LogP contribution is 2.34. The lowest BCUT2D eigenvalue weighted by molar-refractivity contribution is -0.123. The molecule has 0 aliphatic carbocycles.